The predicted molar refractivity (Wildman–Crippen MR) is 116 cm³/mol. The Morgan fingerprint density at radius 1 is 1.31 bits per heavy atom. The second-order valence-corrected chi connectivity index (χ2v) is 8.31. The quantitative estimate of drug-likeness (QED) is 0.414. The Labute approximate surface area is 189 Å². The van der Waals surface area contributed by atoms with Crippen molar-refractivity contribution in [2.75, 3.05) is 24.5 Å². The van der Waals surface area contributed by atoms with Gasteiger partial charge in [0, 0.05) is 30.6 Å². The maximum Gasteiger partial charge on any atom is 0.260 e. The molecule has 4 rings (SSSR count). The summed E-state index contributed by atoms with van der Waals surface area (Å²) in [6.45, 7) is 3.38. The van der Waals surface area contributed by atoms with E-state index in [0.29, 0.717) is 0 Å². The van der Waals surface area contributed by atoms with Crippen molar-refractivity contribution in [1.82, 2.24) is 9.27 Å². The van der Waals surface area contributed by atoms with Crippen LogP contribution in [0.4, 0.5) is 22.6 Å². The van der Waals surface area contributed by atoms with E-state index in [-0.39, 0.29) is 46.1 Å². The minimum Gasteiger partial charge on any atom is -0.507 e. The molecule has 32 heavy (non-hydrogen) atoms. The molecule has 168 valence electrons. The van der Waals surface area contributed by atoms with Crippen LogP contribution in [0.3, 0.4) is 0 Å². The normalized spacial score (nSPS) is 16.8. The molecule has 0 radical (unpaired) electrons. The van der Waals surface area contributed by atoms with Gasteiger partial charge >= 0.3 is 0 Å². The smallest absolute Gasteiger partial charge is 0.260 e. The van der Waals surface area contributed by atoms with Crippen LogP contribution < -0.4 is 4.90 Å². The van der Waals surface area contributed by atoms with Crippen LogP contribution in [0.2, 0.25) is 5.02 Å². The van der Waals surface area contributed by atoms with Crippen LogP contribution >= 0.6 is 23.1 Å². The lowest BCUT2D eigenvalue weighted by Gasteiger charge is -2.41. The molecule has 1 aliphatic heterocycles. The van der Waals surface area contributed by atoms with Gasteiger partial charge in [-0.15, -0.1) is 0 Å². The Bertz CT molecular complexity index is 1200. The fraction of sp³-hybridized carbons (Fsp3) is 0.238. The minimum absolute atomic E-state index is 0.0704. The van der Waals surface area contributed by atoms with Gasteiger partial charge in [-0.25, -0.2) is 17.6 Å². The average Bonchev–Trinajstić information content (AvgIpc) is 3.18. The molecule has 1 N–H and O–H groups in total. The summed E-state index contributed by atoms with van der Waals surface area (Å²) >= 11 is 7.07. The number of hydrogen-bond acceptors (Lipinski definition) is 5. The third kappa shape index (κ3) is 3.67. The molecule has 0 spiro atoms. The van der Waals surface area contributed by atoms with Gasteiger partial charge in [-0.2, -0.15) is 4.37 Å². The zero-order chi connectivity index (χ0) is 23.2. The van der Waals surface area contributed by atoms with Gasteiger partial charge in [0.25, 0.3) is 6.43 Å². The number of nitrogens with zero attached hydrogens (tertiary/aromatic N) is 3. The van der Waals surface area contributed by atoms with Crippen LogP contribution in [0.25, 0.3) is 22.0 Å². The molecule has 2 aromatic carbocycles. The summed E-state index contributed by atoms with van der Waals surface area (Å²) in [4.78, 5) is 14.5. The largest absolute Gasteiger partial charge is 0.507 e. The number of amides is 1. The maximum absolute atomic E-state index is 15.4. The van der Waals surface area contributed by atoms with E-state index in [9.17, 15) is 23.1 Å². The van der Waals surface area contributed by atoms with Gasteiger partial charge < -0.3 is 14.9 Å². The SMILES string of the molecule is C=CC(=O)N1CCN(c2snc3c(F)c(-c4c(O)cccc4F)c(Cl)cc23)[C@@H](C(F)F)C1. The van der Waals surface area contributed by atoms with Crippen LogP contribution in [0.15, 0.2) is 36.9 Å². The predicted octanol–water partition coefficient (Wildman–Crippen LogP) is 5.07. The molecule has 0 aliphatic carbocycles. The van der Waals surface area contributed by atoms with Gasteiger partial charge in [0.05, 0.1) is 10.6 Å². The number of benzene rings is 2. The van der Waals surface area contributed by atoms with E-state index in [4.69, 9.17) is 11.6 Å². The number of alkyl halides is 2. The molecule has 2 heterocycles. The Kier molecular flexibility index (Phi) is 6.00. The topological polar surface area (TPSA) is 56.7 Å². The summed E-state index contributed by atoms with van der Waals surface area (Å²) in [7, 11) is 0. The Balaban J connectivity index is 1.81. The molecular weight excluding hydrogens is 470 g/mol. The summed E-state index contributed by atoms with van der Waals surface area (Å²) in [5.74, 6) is -2.79. The zero-order valence-corrected chi connectivity index (χ0v) is 17.9. The second kappa shape index (κ2) is 8.59. The van der Waals surface area contributed by atoms with E-state index in [2.05, 4.69) is 11.0 Å². The van der Waals surface area contributed by atoms with Gasteiger partial charge in [-0.05, 0) is 35.8 Å². The average molecular weight is 486 g/mol. The maximum atomic E-state index is 15.4. The Morgan fingerprint density at radius 2 is 2.06 bits per heavy atom. The van der Waals surface area contributed by atoms with Crippen molar-refractivity contribution in [3.05, 3.63) is 53.6 Å². The molecule has 0 bridgehead atoms. The molecule has 0 saturated carbocycles. The lowest BCUT2D eigenvalue weighted by molar-refractivity contribution is -0.127. The summed E-state index contributed by atoms with van der Waals surface area (Å²) in [5.41, 5.74) is -0.948. The summed E-state index contributed by atoms with van der Waals surface area (Å²) in [6.07, 6.45) is -1.72. The molecule has 1 atom stereocenters. The molecule has 11 heteroatoms. The van der Waals surface area contributed by atoms with Crippen LogP contribution in [-0.4, -0.2) is 52.4 Å². The number of phenolic OH excluding ortho intramolecular Hbond substituents is 1. The second-order valence-electron chi connectivity index (χ2n) is 7.15. The van der Waals surface area contributed by atoms with Crippen molar-refractivity contribution in [2.45, 2.75) is 12.5 Å². The van der Waals surface area contributed by atoms with Crippen LogP contribution in [0.1, 0.15) is 0 Å². The highest BCUT2D eigenvalue weighted by molar-refractivity contribution is 7.11. The van der Waals surface area contributed by atoms with Crippen molar-refractivity contribution in [1.29, 1.82) is 0 Å². The van der Waals surface area contributed by atoms with Crippen LogP contribution in [0.5, 0.6) is 5.75 Å². The Hall–Kier alpha value is -2.85. The summed E-state index contributed by atoms with van der Waals surface area (Å²) in [6, 6.07) is 3.50. The van der Waals surface area contributed by atoms with Crippen molar-refractivity contribution in [3.8, 4) is 16.9 Å². The highest BCUT2D eigenvalue weighted by atomic mass is 35.5. The molecule has 3 aromatic rings. The number of rotatable bonds is 4. The van der Waals surface area contributed by atoms with Crippen LogP contribution in [0, 0.1) is 11.6 Å². The molecule has 1 amide bonds. The fourth-order valence-corrected chi connectivity index (χ4v) is 5.03. The first-order valence-corrected chi connectivity index (χ1v) is 10.6. The molecule has 1 fully saturated rings. The molecule has 1 aliphatic rings. The van der Waals surface area contributed by atoms with Crippen molar-refractivity contribution in [2.24, 2.45) is 0 Å². The first kappa shape index (κ1) is 22.3. The van der Waals surface area contributed by atoms with Gasteiger partial charge in [0.2, 0.25) is 5.91 Å². The first-order chi connectivity index (χ1) is 15.2. The van der Waals surface area contributed by atoms with Crippen molar-refractivity contribution >= 4 is 44.9 Å². The molecule has 5 nitrogen and oxygen atoms in total. The van der Waals surface area contributed by atoms with E-state index in [1.165, 1.54) is 28.0 Å². The van der Waals surface area contributed by atoms with E-state index in [1.54, 1.807) is 0 Å². The molecule has 1 aromatic heterocycles. The first-order valence-electron chi connectivity index (χ1n) is 9.46. The number of carbonyl (C=O) groups is 1. The van der Waals surface area contributed by atoms with E-state index in [1.807, 2.05) is 0 Å². The standard InChI is InChI=1S/C21H16ClF4N3O2S/c1-2-15(31)28-6-7-29(13(9-28)20(25)26)21-10-8-11(22)16(18(24)19(10)27-32-21)17-12(23)4-3-5-14(17)30/h2-5,8,13,20,30H,1,6-7,9H2/t13-/m1/s1. The number of aromatic hydroxyl groups is 1. The van der Waals surface area contributed by atoms with Gasteiger partial charge in [0.15, 0.2) is 5.82 Å². The van der Waals surface area contributed by atoms with Crippen LogP contribution in [-0.2, 0) is 4.79 Å². The highest BCUT2D eigenvalue weighted by Crippen LogP contribution is 2.44. The zero-order valence-electron chi connectivity index (χ0n) is 16.4. The lowest BCUT2D eigenvalue weighted by atomic mass is 10.0. The highest BCUT2D eigenvalue weighted by Gasteiger charge is 2.37. The van der Waals surface area contributed by atoms with Gasteiger partial charge in [-0.3, -0.25) is 4.79 Å². The number of phenols is 1. The number of halogens is 5. The summed E-state index contributed by atoms with van der Waals surface area (Å²) in [5, 5.41) is 10.3. The number of hydrogen-bond donors (Lipinski definition) is 1. The molecule has 0 unspecified atom stereocenters. The lowest BCUT2D eigenvalue weighted by Crippen LogP contribution is -2.57. The van der Waals surface area contributed by atoms with Gasteiger partial charge in [0.1, 0.15) is 28.1 Å². The van der Waals surface area contributed by atoms with Crippen molar-refractivity contribution < 1.29 is 27.5 Å². The number of fused-ring (bicyclic) bond motifs is 1. The third-order valence-electron chi connectivity index (χ3n) is 5.34. The third-order valence-corrected chi connectivity index (χ3v) is 6.54. The van der Waals surface area contributed by atoms with Crippen molar-refractivity contribution in [3.63, 3.8) is 0 Å². The number of carbonyl (C=O) groups excluding carboxylic acids is 1. The van der Waals surface area contributed by atoms with E-state index in [0.717, 1.165) is 23.7 Å². The minimum atomic E-state index is -2.79. The molecular formula is C21H16ClF4N3O2S. The summed E-state index contributed by atoms with van der Waals surface area (Å²) < 4.78 is 61.5. The number of anilines is 1. The fourth-order valence-electron chi connectivity index (χ4n) is 3.80. The van der Waals surface area contributed by atoms with Gasteiger partial charge in [-0.1, -0.05) is 24.2 Å². The monoisotopic (exact) mass is 485 g/mol. The van der Waals surface area contributed by atoms with E-state index < -0.39 is 41.3 Å². The molecule has 1 saturated heterocycles. The number of aromatic nitrogens is 1. The van der Waals surface area contributed by atoms with E-state index >= 15 is 4.39 Å². The number of piperazine rings is 1. The Morgan fingerprint density at radius 3 is 2.72 bits per heavy atom.